The van der Waals surface area contributed by atoms with Crippen LogP contribution in [0, 0.1) is 5.92 Å². The van der Waals surface area contributed by atoms with Gasteiger partial charge in [0.25, 0.3) is 0 Å². The van der Waals surface area contributed by atoms with Crippen LogP contribution in [0.2, 0.25) is 0 Å². The Bertz CT molecular complexity index is 262. The zero-order chi connectivity index (χ0) is 13.5. The van der Waals surface area contributed by atoms with Crippen LogP contribution in [0.1, 0.15) is 53.4 Å². The first-order chi connectivity index (χ1) is 7.86. The third-order valence-electron chi connectivity index (χ3n) is 2.91. The van der Waals surface area contributed by atoms with Gasteiger partial charge in [-0.3, -0.25) is 9.59 Å². The van der Waals surface area contributed by atoms with Crippen LogP contribution in [-0.4, -0.2) is 24.4 Å². The molecule has 0 aliphatic carbocycles. The molecule has 0 rings (SSSR count). The molecule has 0 spiro atoms. The van der Waals surface area contributed by atoms with Crippen LogP contribution in [-0.2, 0) is 9.59 Å². The maximum absolute atomic E-state index is 12.0. The fourth-order valence-electron chi connectivity index (χ4n) is 1.87. The summed E-state index contributed by atoms with van der Waals surface area (Å²) in [5, 5.41) is 5.57. The summed E-state index contributed by atoms with van der Waals surface area (Å²) >= 11 is 0. The number of carbonyl (C=O) groups is 2. The van der Waals surface area contributed by atoms with Crippen LogP contribution in [0.15, 0.2) is 0 Å². The van der Waals surface area contributed by atoms with Crippen LogP contribution in [0.3, 0.4) is 0 Å². The Balaban J connectivity index is 4.39. The monoisotopic (exact) mass is 242 g/mol. The number of rotatable bonds is 7. The molecule has 2 N–H and O–H groups in total. The highest BCUT2D eigenvalue weighted by Gasteiger charge is 2.25. The van der Waals surface area contributed by atoms with E-state index in [0.717, 1.165) is 12.8 Å². The Morgan fingerprint density at radius 1 is 1.24 bits per heavy atom. The highest BCUT2D eigenvalue weighted by atomic mass is 16.2. The first-order valence-corrected chi connectivity index (χ1v) is 6.38. The van der Waals surface area contributed by atoms with Gasteiger partial charge in [0.1, 0.15) is 0 Å². The van der Waals surface area contributed by atoms with Gasteiger partial charge in [0, 0.05) is 24.9 Å². The SMILES string of the molecule is CCCC(C)(C)NC(=O)C(CC)CC(=O)NC. The zero-order valence-electron chi connectivity index (χ0n) is 11.7. The minimum absolute atomic E-state index is 0.0189. The zero-order valence-corrected chi connectivity index (χ0v) is 11.7. The topological polar surface area (TPSA) is 58.2 Å². The second kappa shape index (κ2) is 7.30. The highest BCUT2D eigenvalue weighted by molar-refractivity contribution is 5.85. The minimum Gasteiger partial charge on any atom is -0.359 e. The predicted molar refractivity (Wildman–Crippen MR) is 69.6 cm³/mol. The second-order valence-corrected chi connectivity index (χ2v) is 5.11. The average Bonchev–Trinajstić information content (AvgIpc) is 2.24. The standard InChI is InChI=1S/C13H26N2O2/c1-6-8-13(3,4)15-12(17)10(7-2)9-11(16)14-5/h10H,6-9H2,1-5H3,(H,14,16)(H,15,17). The lowest BCUT2D eigenvalue weighted by molar-refractivity contribution is -0.131. The normalized spacial score (nSPS) is 13.0. The highest BCUT2D eigenvalue weighted by Crippen LogP contribution is 2.15. The summed E-state index contributed by atoms with van der Waals surface area (Å²) in [5.41, 5.74) is -0.193. The van der Waals surface area contributed by atoms with Crippen LogP contribution in [0.5, 0.6) is 0 Å². The van der Waals surface area contributed by atoms with Gasteiger partial charge < -0.3 is 10.6 Å². The summed E-state index contributed by atoms with van der Waals surface area (Å²) in [6.07, 6.45) is 2.91. The summed E-state index contributed by atoms with van der Waals surface area (Å²) in [4.78, 5) is 23.3. The van der Waals surface area contributed by atoms with Crippen LogP contribution < -0.4 is 10.6 Å². The van der Waals surface area contributed by atoms with Crippen molar-refractivity contribution in [3.05, 3.63) is 0 Å². The van der Waals surface area contributed by atoms with E-state index >= 15 is 0 Å². The third-order valence-corrected chi connectivity index (χ3v) is 2.91. The van der Waals surface area contributed by atoms with Crippen molar-refractivity contribution in [1.82, 2.24) is 10.6 Å². The molecule has 0 aromatic rings. The third kappa shape index (κ3) is 6.29. The number of hydrogen-bond donors (Lipinski definition) is 2. The first kappa shape index (κ1) is 15.9. The fourth-order valence-corrected chi connectivity index (χ4v) is 1.87. The van der Waals surface area contributed by atoms with Crippen LogP contribution in [0.25, 0.3) is 0 Å². The fraction of sp³-hybridized carbons (Fsp3) is 0.846. The molecule has 0 radical (unpaired) electrons. The lowest BCUT2D eigenvalue weighted by atomic mass is 9.95. The summed E-state index contributed by atoms with van der Waals surface area (Å²) in [7, 11) is 1.59. The number of amides is 2. The molecule has 0 bridgehead atoms. The van der Waals surface area contributed by atoms with E-state index in [1.165, 1.54) is 0 Å². The van der Waals surface area contributed by atoms with E-state index < -0.39 is 0 Å². The summed E-state index contributed by atoms with van der Waals surface area (Å²) in [6, 6.07) is 0. The molecule has 0 heterocycles. The first-order valence-electron chi connectivity index (χ1n) is 6.38. The van der Waals surface area contributed by atoms with Crippen molar-refractivity contribution < 1.29 is 9.59 Å². The maximum Gasteiger partial charge on any atom is 0.224 e. The predicted octanol–water partition coefficient (Wildman–Crippen LogP) is 1.84. The molecule has 0 saturated heterocycles. The van der Waals surface area contributed by atoms with Gasteiger partial charge >= 0.3 is 0 Å². The van der Waals surface area contributed by atoms with E-state index in [4.69, 9.17) is 0 Å². The van der Waals surface area contributed by atoms with Gasteiger partial charge in [-0.1, -0.05) is 20.3 Å². The Hall–Kier alpha value is -1.06. The molecule has 0 aromatic carbocycles. The number of hydrogen-bond acceptors (Lipinski definition) is 2. The van der Waals surface area contributed by atoms with Gasteiger partial charge in [0.05, 0.1) is 0 Å². The molecular weight excluding hydrogens is 216 g/mol. The van der Waals surface area contributed by atoms with Crippen molar-refractivity contribution in [3.63, 3.8) is 0 Å². The maximum atomic E-state index is 12.0. The molecule has 1 unspecified atom stereocenters. The Labute approximate surface area is 105 Å². The van der Waals surface area contributed by atoms with Crippen molar-refractivity contribution in [3.8, 4) is 0 Å². The molecule has 0 aliphatic heterocycles. The van der Waals surface area contributed by atoms with Crippen molar-refractivity contribution in [2.75, 3.05) is 7.05 Å². The van der Waals surface area contributed by atoms with Crippen molar-refractivity contribution in [1.29, 1.82) is 0 Å². The molecule has 0 saturated carbocycles. The van der Waals surface area contributed by atoms with Crippen LogP contribution >= 0.6 is 0 Å². The lowest BCUT2D eigenvalue weighted by Gasteiger charge is -2.28. The van der Waals surface area contributed by atoms with Gasteiger partial charge in [-0.05, 0) is 26.7 Å². The van der Waals surface area contributed by atoms with Crippen LogP contribution in [0.4, 0.5) is 0 Å². The molecule has 0 aliphatic rings. The molecule has 17 heavy (non-hydrogen) atoms. The molecule has 0 aromatic heterocycles. The lowest BCUT2D eigenvalue weighted by Crippen LogP contribution is -2.46. The summed E-state index contributed by atoms with van der Waals surface area (Å²) in [6.45, 7) is 8.05. The van der Waals surface area contributed by atoms with E-state index in [0.29, 0.717) is 6.42 Å². The number of nitrogens with one attached hydrogen (secondary N) is 2. The van der Waals surface area contributed by atoms with E-state index in [1.54, 1.807) is 7.05 Å². The van der Waals surface area contributed by atoms with E-state index in [-0.39, 0.29) is 29.7 Å². The molecule has 4 heteroatoms. The van der Waals surface area contributed by atoms with E-state index in [2.05, 4.69) is 17.6 Å². The van der Waals surface area contributed by atoms with Crippen molar-refractivity contribution in [2.24, 2.45) is 5.92 Å². The minimum atomic E-state index is -0.230. The Kier molecular flexibility index (Phi) is 6.85. The largest absolute Gasteiger partial charge is 0.359 e. The Morgan fingerprint density at radius 2 is 1.82 bits per heavy atom. The smallest absolute Gasteiger partial charge is 0.224 e. The molecule has 100 valence electrons. The van der Waals surface area contributed by atoms with Gasteiger partial charge in [0.2, 0.25) is 11.8 Å². The molecular formula is C13H26N2O2. The average molecular weight is 242 g/mol. The summed E-state index contributed by atoms with van der Waals surface area (Å²) < 4.78 is 0. The quantitative estimate of drug-likeness (QED) is 0.715. The second-order valence-electron chi connectivity index (χ2n) is 5.11. The molecule has 4 nitrogen and oxygen atoms in total. The Morgan fingerprint density at radius 3 is 2.24 bits per heavy atom. The van der Waals surface area contributed by atoms with Gasteiger partial charge in [-0.2, -0.15) is 0 Å². The molecule has 1 atom stereocenters. The van der Waals surface area contributed by atoms with Gasteiger partial charge in [-0.25, -0.2) is 0 Å². The van der Waals surface area contributed by atoms with E-state index in [1.807, 2.05) is 20.8 Å². The molecule has 2 amide bonds. The number of carbonyl (C=O) groups excluding carboxylic acids is 2. The van der Waals surface area contributed by atoms with E-state index in [9.17, 15) is 9.59 Å². The van der Waals surface area contributed by atoms with Gasteiger partial charge in [0.15, 0.2) is 0 Å². The van der Waals surface area contributed by atoms with Crippen molar-refractivity contribution in [2.45, 2.75) is 58.9 Å². The summed E-state index contributed by atoms with van der Waals surface area (Å²) in [5.74, 6) is -0.332. The van der Waals surface area contributed by atoms with Gasteiger partial charge in [-0.15, -0.1) is 0 Å². The molecule has 0 fully saturated rings. The van der Waals surface area contributed by atoms with Crippen molar-refractivity contribution >= 4 is 11.8 Å².